The van der Waals surface area contributed by atoms with Crippen molar-refractivity contribution >= 4 is 39.5 Å². The van der Waals surface area contributed by atoms with Crippen LogP contribution in [-0.2, 0) is 65.4 Å². The predicted octanol–water partition coefficient (Wildman–Crippen LogP) is 14.4. The number of aliphatic hydroxyl groups is 1. The molecule has 0 saturated heterocycles. The van der Waals surface area contributed by atoms with Crippen LogP contribution in [0.2, 0.25) is 0 Å². The SMILES string of the molecule is CCCCCCCCCCCCCCCC(=O)O[C@H](COC(=O)CCCCCCCCCCCCC)COP(=O)(O)OC[C@@H](O)COP(=O)(O)OC[C@@H](COC(=O)CCCCCCC)OC(=O)CCCCCCC. The molecule has 0 aromatic carbocycles. The second-order valence-electron chi connectivity index (χ2n) is 20.0. The molecule has 2 unspecified atom stereocenters. The average molecular weight is 1100 g/mol. The predicted molar refractivity (Wildman–Crippen MR) is 289 cm³/mol. The third-order valence-electron chi connectivity index (χ3n) is 12.6. The number of aliphatic hydroxyl groups excluding tert-OH is 1. The molecule has 0 amide bonds. The molecule has 0 aliphatic carbocycles. The topological polar surface area (TPSA) is 237 Å². The Balaban J connectivity index is 5.14. The Morgan fingerprint density at radius 1 is 0.324 bits per heavy atom. The molecular formula is C55H106O17P2. The van der Waals surface area contributed by atoms with E-state index in [4.69, 9.17) is 37.0 Å². The number of carbonyl (C=O) groups is 4. The Kier molecular flexibility index (Phi) is 49.2. The molecule has 0 bridgehead atoms. The molecule has 0 spiro atoms. The number of rotatable bonds is 56. The first-order valence-corrected chi connectivity index (χ1v) is 32.3. The van der Waals surface area contributed by atoms with Gasteiger partial charge in [-0.3, -0.25) is 37.3 Å². The molecule has 0 radical (unpaired) electrons. The van der Waals surface area contributed by atoms with E-state index in [-0.39, 0.29) is 25.7 Å². The number of carbonyl (C=O) groups excluding carboxylic acids is 4. The van der Waals surface area contributed by atoms with E-state index in [0.717, 1.165) is 96.3 Å². The van der Waals surface area contributed by atoms with Crippen LogP contribution in [0.4, 0.5) is 0 Å². The number of ether oxygens (including phenoxy) is 4. The Labute approximate surface area is 447 Å². The second-order valence-corrected chi connectivity index (χ2v) is 22.9. The summed E-state index contributed by atoms with van der Waals surface area (Å²) in [5, 5.41) is 10.4. The Hall–Kier alpha value is -1.94. The largest absolute Gasteiger partial charge is 0.472 e. The van der Waals surface area contributed by atoms with Crippen molar-refractivity contribution in [2.24, 2.45) is 0 Å². The highest BCUT2D eigenvalue weighted by atomic mass is 31.2. The minimum Gasteiger partial charge on any atom is -0.462 e. The zero-order valence-corrected chi connectivity index (χ0v) is 48.6. The van der Waals surface area contributed by atoms with Gasteiger partial charge in [-0.15, -0.1) is 0 Å². The summed E-state index contributed by atoms with van der Waals surface area (Å²) in [6.45, 7) is 4.64. The van der Waals surface area contributed by atoms with E-state index in [2.05, 4.69) is 27.7 Å². The van der Waals surface area contributed by atoms with Crippen molar-refractivity contribution in [2.45, 2.75) is 290 Å². The number of phosphoric ester groups is 2. The fraction of sp³-hybridized carbons (Fsp3) is 0.927. The van der Waals surface area contributed by atoms with Crippen LogP contribution in [0.3, 0.4) is 0 Å². The molecule has 0 aromatic heterocycles. The molecule has 3 N–H and O–H groups in total. The van der Waals surface area contributed by atoms with E-state index >= 15 is 0 Å². The van der Waals surface area contributed by atoms with Crippen molar-refractivity contribution < 1.29 is 80.2 Å². The van der Waals surface area contributed by atoms with Crippen LogP contribution < -0.4 is 0 Å². The van der Waals surface area contributed by atoms with Gasteiger partial charge in [0.15, 0.2) is 12.2 Å². The second kappa shape index (κ2) is 50.6. The molecule has 17 nitrogen and oxygen atoms in total. The van der Waals surface area contributed by atoms with Crippen molar-refractivity contribution in [1.29, 1.82) is 0 Å². The number of hydrogen-bond donors (Lipinski definition) is 3. The summed E-state index contributed by atoms with van der Waals surface area (Å²) in [5.74, 6) is -2.17. The van der Waals surface area contributed by atoms with Gasteiger partial charge in [0.2, 0.25) is 0 Å². The lowest BCUT2D eigenvalue weighted by atomic mass is 10.0. The fourth-order valence-corrected chi connectivity index (χ4v) is 9.62. The highest BCUT2D eigenvalue weighted by Crippen LogP contribution is 2.45. The summed E-state index contributed by atoms with van der Waals surface area (Å²) in [4.78, 5) is 71.3. The van der Waals surface area contributed by atoms with Gasteiger partial charge in [-0.1, -0.05) is 220 Å². The lowest BCUT2D eigenvalue weighted by molar-refractivity contribution is -0.161. The summed E-state index contributed by atoms with van der Waals surface area (Å²) in [5.41, 5.74) is 0. The van der Waals surface area contributed by atoms with Gasteiger partial charge in [0, 0.05) is 25.7 Å². The smallest absolute Gasteiger partial charge is 0.462 e. The first-order valence-electron chi connectivity index (χ1n) is 29.3. The average Bonchev–Trinajstić information content (AvgIpc) is 3.37. The maximum Gasteiger partial charge on any atom is 0.472 e. The molecule has 5 atom stereocenters. The minimum absolute atomic E-state index is 0.0990. The first kappa shape index (κ1) is 72.1. The van der Waals surface area contributed by atoms with Gasteiger partial charge in [-0.25, -0.2) is 9.13 Å². The van der Waals surface area contributed by atoms with E-state index in [9.17, 15) is 43.2 Å². The molecule has 0 aliphatic rings. The third-order valence-corrected chi connectivity index (χ3v) is 14.5. The molecule has 0 heterocycles. The molecule has 438 valence electrons. The van der Waals surface area contributed by atoms with Crippen molar-refractivity contribution in [3.63, 3.8) is 0 Å². The highest BCUT2D eigenvalue weighted by molar-refractivity contribution is 7.47. The van der Waals surface area contributed by atoms with Crippen molar-refractivity contribution in [3.8, 4) is 0 Å². The molecule has 0 saturated carbocycles. The number of unbranched alkanes of at least 4 members (excludes halogenated alkanes) is 30. The Morgan fingerprint density at radius 3 is 0.797 bits per heavy atom. The zero-order valence-electron chi connectivity index (χ0n) is 46.8. The van der Waals surface area contributed by atoms with Crippen LogP contribution in [0, 0.1) is 0 Å². The summed E-state index contributed by atoms with van der Waals surface area (Å²) >= 11 is 0. The molecular weight excluding hydrogens is 995 g/mol. The maximum atomic E-state index is 12.9. The first-order chi connectivity index (χ1) is 35.7. The lowest BCUT2D eigenvalue weighted by Crippen LogP contribution is -2.30. The van der Waals surface area contributed by atoms with Gasteiger partial charge in [0.1, 0.15) is 19.3 Å². The molecule has 74 heavy (non-hydrogen) atoms. The van der Waals surface area contributed by atoms with Crippen LogP contribution in [0.15, 0.2) is 0 Å². The molecule has 0 rings (SSSR count). The quantitative estimate of drug-likeness (QED) is 0.0222. The van der Waals surface area contributed by atoms with Crippen molar-refractivity contribution in [3.05, 3.63) is 0 Å². The monoisotopic (exact) mass is 1100 g/mol. The Bertz CT molecular complexity index is 1450. The highest BCUT2D eigenvalue weighted by Gasteiger charge is 2.30. The van der Waals surface area contributed by atoms with Crippen LogP contribution >= 0.6 is 15.6 Å². The number of hydrogen-bond acceptors (Lipinski definition) is 15. The van der Waals surface area contributed by atoms with Crippen LogP contribution in [0.25, 0.3) is 0 Å². The van der Waals surface area contributed by atoms with E-state index in [1.165, 1.54) is 96.3 Å². The zero-order chi connectivity index (χ0) is 54.8. The van der Waals surface area contributed by atoms with Crippen molar-refractivity contribution in [2.75, 3.05) is 39.6 Å². The normalized spacial score (nSPS) is 14.4. The van der Waals surface area contributed by atoms with E-state index in [1.54, 1.807) is 0 Å². The minimum atomic E-state index is -4.93. The van der Waals surface area contributed by atoms with Crippen LogP contribution in [-0.4, -0.2) is 96.7 Å². The molecule has 19 heteroatoms. The van der Waals surface area contributed by atoms with Crippen LogP contribution in [0.5, 0.6) is 0 Å². The summed E-state index contributed by atoms with van der Waals surface area (Å²) in [6.07, 6.45) is 32.8. The summed E-state index contributed by atoms with van der Waals surface area (Å²) < 4.78 is 67.2. The molecule has 0 fully saturated rings. The molecule has 0 aromatic rings. The van der Waals surface area contributed by atoms with Gasteiger partial charge in [-0.05, 0) is 25.7 Å². The van der Waals surface area contributed by atoms with Gasteiger partial charge < -0.3 is 33.8 Å². The van der Waals surface area contributed by atoms with Gasteiger partial charge in [0.05, 0.1) is 26.4 Å². The van der Waals surface area contributed by atoms with Crippen LogP contribution in [0.1, 0.15) is 272 Å². The standard InChI is InChI=1S/C55H106O17P2/c1-5-9-13-17-19-21-23-24-26-28-30-34-38-42-55(60)72-51(46-66-53(58)40-36-33-29-27-25-22-20-18-14-10-6-2)48-70-74(63,64)68-44-49(56)43-67-73(61,62)69-47-50(71-54(59)41-37-32-16-12-8-4)45-65-52(57)39-35-31-15-11-7-3/h49-51,56H,5-48H2,1-4H3,(H,61,62)(H,63,64)/t49-,50+,51+/m0/s1. The van der Waals surface area contributed by atoms with Gasteiger partial charge in [0.25, 0.3) is 0 Å². The Morgan fingerprint density at radius 2 is 0.541 bits per heavy atom. The van der Waals surface area contributed by atoms with Crippen molar-refractivity contribution in [1.82, 2.24) is 0 Å². The van der Waals surface area contributed by atoms with Gasteiger partial charge >= 0.3 is 39.5 Å². The number of esters is 4. The molecule has 0 aliphatic heterocycles. The fourth-order valence-electron chi connectivity index (χ4n) is 8.04. The van der Waals surface area contributed by atoms with E-state index in [1.807, 2.05) is 0 Å². The lowest BCUT2D eigenvalue weighted by Gasteiger charge is -2.21. The van der Waals surface area contributed by atoms with E-state index in [0.29, 0.717) is 25.7 Å². The number of phosphoric acid groups is 2. The van der Waals surface area contributed by atoms with E-state index < -0.39 is 97.5 Å². The van der Waals surface area contributed by atoms with Gasteiger partial charge in [-0.2, -0.15) is 0 Å². The summed E-state index contributed by atoms with van der Waals surface area (Å²) in [6, 6.07) is 0. The summed E-state index contributed by atoms with van der Waals surface area (Å²) in [7, 11) is -9.85. The maximum absolute atomic E-state index is 12.9. The third kappa shape index (κ3) is 49.6.